The van der Waals surface area contributed by atoms with Crippen molar-refractivity contribution in [3.63, 3.8) is 0 Å². The Morgan fingerprint density at radius 2 is 1.44 bits per heavy atom. The first-order valence-electron chi connectivity index (χ1n) is 21.7. The molecule has 7 rings (SSSR count). The topological polar surface area (TPSA) is 198 Å². The summed E-state index contributed by atoms with van der Waals surface area (Å²) in [6, 6.07) is 25.3. The summed E-state index contributed by atoms with van der Waals surface area (Å²) in [5.74, 6) is 0.657. The van der Waals surface area contributed by atoms with Crippen molar-refractivity contribution in [3.8, 4) is 49.6 Å². The van der Waals surface area contributed by atoms with Gasteiger partial charge in [0.1, 0.15) is 48.3 Å². The number of amides is 3. The van der Waals surface area contributed by atoms with Crippen molar-refractivity contribution in [1.82, 2.24) is 20.5 Å². The molecule has 3 heterocycles. The molecule has 348 valence electrons. The van der Waals surface area contributed by atoms with E-state index in [-0.39, 0.29) is 62.7 Å². The number of nitrogens with zero attached hydrogens (tertiary/aromatic N) is 2. The number of thiophene rings is 1. The van der Waals surface area contributed by atoms with Gasteiger partial charge in [0, 0.05) is 29.6 Å². The van der Waals surface area contributed by atoms with Gasteiger partial charge < -0.3 is 54.5 Å². The van der Waals surface area contributed by atoms with Crippen LogP contribution in [-0.2, 0) is 35.1 Å². The molecule has 0 bridgehead atoms. The van der Waals surface area contributed by atoms with E-state index in [1.165, 1.54) is 16.2 Å². The van der Waals surface area contributed by atoms with Crippen LogP contribution in [-0.4, -0.2) is 114 Å². The third-order valence-electron chi connectivity index (χ3n) is 10.8. The molecule has 1 fully saturated rings. The van der Waals surface area contributed by atoms with Crippen LogP contribution < -0.4 is 20.1 Å². The molecule has 3 amide bonds. The Balaban J connectivity index is 0.760. The molecular formula is C49H54N4O11S2. The lowest BCUT2D eigenvalue weighted by molar-refractivity contribution is -0.143. The van der Waals surface area contributed by atoms with Crippen LogP contribution >= 0.6 is 22.7 Å². The average molecular weight is 939 g/mol. The number of aliphatic hydroxyl groups is 1. The monoisotopic (exact) mass is 938 g/mol. The second kappa shape index (κ2) is 22.9. The van der Waals surface area contributed by atoms with Gasteiger partial charge in [-0.15, -0.1) is 22.7 Å². The molecule has 4 aromatic carbocycles. The number of carbonyl (C=O) groups excluding carboxylic acids is 3. The van der Waals surface area contributed by atoms with E-state index in [1.807, 2.05) is 79.2 Å². The molecule has 3 atom stereocenters. The van der Waals surface area contributed by atoms with Crippen LogP contribution in [0.3, 0.4) is 0 Å². The van der Waals surface area contributed by atoms with Gasteiger partial charge in [0.2, 0.25) is 17.7 Å². The fourth-order valence-electron chi connectivity index (χ4n) is 7.38. The zero-order chi connectivity index (χ0) is 46.6. The third-order valence-corrected chi connectivity index (χ3v) is 13.0. The Bertz CT molecular complexity index is 2550. The Morgan fingerprint density at radius 1 is 0.803 bits per heavy atom. The maximum atomic E-state index is 13.7. The van der Waals surface area contributed by atoms with Crippen molar-refractivity contribution in [1.29, 1.82) is 0 Å². The largest absolute Gasteiger partial charge is 0.508 e. The van der Waals surface area contributed by atoms with Gasteiger partial charge in [-0.3, -0.25) is 14.4 Å². The second-order valence-electron chi connectivity index (χ2n) is 16.1. The predicted octanol–water partition coefficient (Wildman–Crippen LogP) is 7.05. The van der Waals surface area contributed by atoms with Gasteiger partial charge in [0.05, 0.1) is 60.1 Å². The lowest BCUT2D eigenvalue weighted by Gasteiger charge is -2.30. The van der Waals surface area contributed by atoms with Gasteiger partial charge in [0.25, 0.3) is 0 Å². The van der Waals surface area contributed by atoms with Crippen LogP contribution in [0.2, 0.25) is 0 Å². The van der Waals surface area contributed by atoms with E-state index >= 15 is 0 Å². The molecule has 15 nitrogen and oxygen atoms in total. The molecule has 66 heavy (non-hydrogen) atoms. The number of carbonyl (C=O) groups is 3. The first kappa shape index (κ1) is 47.9. The maximum Gasteiger partial charge on any atom is 0.246 e. The number of thiazole rings is 1. The van der Waals surface area contributed by atoms with Crippen molar-refractivity contribution in [3.05, 3.63) is 108 Å². The minimum absolute atomic E-state index is 0.0116. The number of nitrogens with one attached hydrogen (secondary N) is 2. The molecule has 0 saturated carbocycles. The minimum atomic E-state index is -0.919. The van der Waals surface area contributed by atoms with E-state index in [9.17, 15) is 29.7 Å². The normalized spacial score (nSPS) is 15.3. The summed E-state index contributed by atoms with van der Waals surface area (Å²) in [6.45, 7) is 7.20. The summed E-state index contributed by atoms with van der Waals surface area (Å²) in [5, 5.41) is 36.8. The highest BCUT2D eigenvalue weighted by Crippen LogP contribution is 2.47. The van der Waals surface area contributed by atoms with Crippen LogP contribution in [0, 0.1) is 12.8 Å². The molecular weight excluding hydrogens is 885 g/mol. The van der Waals surface area contributed by atoms with Gasteiger partial charge in [-0.25, -0.2) is 4.98 Å². The van der Waals surface area contributed by atoms with Gasteiger partial charge in [0.15, 0.2) is 5.75 Å². The van der Waals surface area contributed by atoms with Crippen molar-refractivity contribution in [2.75, 3.05) is 52.8 Å². The van der Waals surface area contributed by atoms with E-state index in [0.29, 0.717) is 43.7 Å². The Hall–Kier alpha value is -6.08. The van der Waals surface area contributed by atoms with E-state index in [4.69, 9.17) is 23.7 Å². The molecule has 5 N–H and O–H groups in total. The van der Waals surface area contributed by atoms with Crippen LogP contribution in [0.15, 0.2) is 96.5 Å². The molecule has 0 unspecified atom stereocenters. The first-order chi connectivity index (χ1) is 31.9. The molecule has 17 heteroatoms. The number of ether oxygens (including phenoxy) is 5. The molecule has 2 aromatic heterocycles. The number of hydrogen-bond acceptors (Lipinski definition) is 14. The lowest BCUT2D eigenvalue weighted by Crippen LogP contribution is -2.55. The van der Waals surface area contributed by atoms with Crippen molar-refractivity contribution >= 4 is 50.5 Å². The molecule has 6 aromatic rings. The summed E-state index contributed by atoms with van der Waals surface area (Å²) in [5.41, 5.74) is 5.59. The highest BCUT2D eigenvalue weighted by atomic mass is 32.1. The maximum absolute atomic E-state index is 13.7. The van der Waals surface area contributed by atoms with Crippen molar-refractivity contribution in [2.24, 2.45) is 5.92 Å². The number of aromatic hydroxyl groups is 2. The zero-order valence-corrected chi connectivity index (χ0v) is 38.6. The minimum Gasteiger partial charge on any atom is -0.508 e. The summed E-state index contributed by atoms with van der Waals surface area (Å²) in [7, 11) is 0. The predicted molar refractivity (Wildman–Crippen MR) is 252 cm³/mol. The number of phenols is 2. The van der Waals surface area contributed by atoms with Crippen LogP contribution in [0.1, 0.15) is 31.5 Å². The number of aliphatic hydroxyl groups excluding tert-OH is 1. The molecule has 1 aliphatic rings. The fraction of sp³-hybridized carbons (Fsp3) is 0.347. The van der Waals surface area contributed by atoms with E-state index in [1.54, 1.807) is 49.4 Å². The van der Waals surface area contributed by atoms with E-state index in [0.717, 1.165) is 42.2 Å². The number of rotatable bonds is 22. The molecule has 0 radical (unpaired) electrons. The highest BCUT2D eigenvalue weighted by molar-refractivity contribution is 7.22. The van der Waals surface area contributed by atoms with Gasteiger partial charge in [-0.05, 0) is 96.3 Å². The number of β-amino-alcohol motifs (C(OH)–C–C–N with tert-alkyl or cyclic N) is 1. The number of aryl methyl sites for hydroxylation is 1. The number of likely N-dealkylation sites (tertiary alicyclic amines) is 1. The summed E-state index contributed by atoms with van der Waals surface area (Å²) in [6.07, 6.45) is -0.766. The molecule has 1 saturated heterocycles. The second-order valence-corrected chi connectivity index (χ2v) is 18.0. The number of benzene rings is 4. The summed E-state index contributed by atoms with van der Waals surface area (Å²) in [4.78, 5) is 47.5. The Morgan fingerprint density at radius 3 is 2.12 bits per heavy atom. The van der Waals surface area contributed by atoms with Gasteiger partial charge >= 0.3 is 0 Å². The van der Waals surface area contributed by atoms with Gasteiger partial charge in [-0.1, -0.05) is 38.1 Å². The third kappa shape index (κ3) is 12.6. The summed E-state index contributed by atoms with van der Waals surface area (Å²) < 4.78 is 29.8. The Labute approximate surface area is 390 Å². The highest BCUT2D eigenvalue weighted by Gasteiger charge is 2.42. The molecule has 0 spiro atoms. The SMILES string of the molecule is Cc1ncsc1-c1ccc(CNC(=O)[C@@H]2C[C@@H](O)CN2C(=O)[C@@H](NC(=O)COCCOCCOCCOc2ccc(Oc3c(-c4ccc(O)cc4)sc4cc(O)ccc34)cc2)C(C)C)cc1. The standard InChI is InChI=1S/C49H54N4O11S2/c1-30(2)44(49(59)53-27-37(56)24-41(53)48(58)50-26-32-4-6-33(7-5-32)46-31(3)51-29-65-46)52-43(57)28-62-21-20-60-18-19-61-22-23-63-38-13-15-39(16-14-38)64-45-40-17-12-36(55)25-42(40)66-47(45)34-8-10-35(54)11-9-34/h4-17,25,29-30,37,41,44,54-56H,18-24,26-28H2,1-3H3,(H,50,58)(H,52,57)/t37-,41+,44+/m1/s1. The zero-order valence-electron chi connectivity index (χ0n) is 36.9. The lowest BCUT2D eigenvalue weighted by atomic mass is 10.0. The summed E-state index contributed by atoms with van der Waals surface area (Å²) >= 11 is 3.06. The van der Waals surface area contributed by atoms with Crippen molar-refractivity contribution in [2.45, 2.75) is 51.9 Å². The van der Waals surface area contributed by atoms with Crippen LogP contribution in [0.5, 0.6) is 28.7 Å². The number of fused-ring (bicyclic) bond motifs is 1. The number of phenolic OH excluding ortho intramolecular Hbond substituents is 2. The van der Waals surface area contributed by atoms with Gasteiger partial charge in [-0.2, -0.15) is 0 Å². The molecule has 1 aliphatic heterocycles. The quantitative estimate of drug-likeness (QED) is 0.0436. The number of hydrogen-bond donors (Lipinski definition) is 5. The van der Waals surface area contributed by atoms with E-state index in [2.05, 4.69) is 15.6 Å². The number of aromatic nitrogens is 1. The fourth-order valence-corrected chi connectivity index (χ4v) is 9.36. The van der Waals surface area contributed by atoms with Crippen LogP contribution in [0.4, 0.5) is 0 Å². The Kier molecular flexibility index (Phi) is 16.6. The van der Waals surface area contributed by atoms with Crippen LogP contribution in [0.25, 0.3) is 31.0 Å². The van der Waals surface area contributed by atoms with E-state index < -0.39 is 30.0 Å². The van der Waals surface area contributed by atoms with Crippen molar-refractivity contribution < 1.29 is 53.4 Å². The average Bonchev–Trinajstić information content (AvgIpc) is 4.03. The molecule has 0 aliphatic carbocycles. The first-order valence-corrected chi connectivity index (χ1v) is 23.4. The smallest absolute Gasteiger partial charge is 0.246 e.